The minimum atomic E-state index is -0.466. The monoisotopic (exact) mass is 264 g/mol. The summed E-state index contributed by atoms with van der Waals surface area (Å²) in [7, 11) is 0. The van der Waals surface area contributed by atoms with Crippen LogP contribution in [0, 0.1) is 12.7 Å². The molecule has 0 saturated carbocycles. The first-order valence-electron chi connectivity index (χ1n) is 5.20. The number of hydrogen-bond donors (Lipinski definition) is 1. The lowest BCUT2D eigenvalue weighted by Gasteiger charge is -2.05. The first-order chi connectivity index (χ1) is 8.47. The standard InChI is InChI=1S/C13H10ClFN2O/c1-7-2-8(4-10(15)3-7)12(18)11-5-9(14)6-17-13(11)16/h2-6H,1H3,(H2,16,17). The fourth-order valence-electron chi connectivity index (χ4n) is 1.65. The highest BCUT2D eigenvalue weighted by atomic mass is 35.5. The number of ketones is 1. The Balaban J connectivity index is 2.51. The number of carbonyl (C=O) groups is 1. The molecule has 3 nitrogen and oxygen atoms in total. The predicted octanol–water partition coefficient (Wildman–Crippen LogP) is 3.00. The molecule has 0 fully saturated rings. The summed E-state index contributed by atoms with van der Waals surface area (Å²) in [5.41, 5.74) is 6.68. The fourth-order valence-corrected chi connectivity index (χ4v) is 1.81. The molecule has 0 aliphatic rings. The van der Waals surface area contributed by atoms with Crippen LogP contribution in [0.4, 0.5) is 10.2 Å². The van der Waals surface area contributed by atoms with Gasteiger partial charge in [-0.15, -0.1) is 0 Å². The average Bonchev–Trinajstić information content (AvgIpc) is 2.30. The van der Waals surface area contributed by atoms with Crippen LogP contribution in [0.15, 0.2) is 30.5 Å². The summed E-state index contributed by atoms with van der Waals surface area (Å²) in [4.78, 5) is 16.0. The molecule has 0 bridgehead atoms. The molecule has 5 heteroatoms. The van der Waals surface area contributed by atoms with E-state index in [0.29, 0.717) is 10.6 Å². The van der Waals surface area contributed by atoms with Gasteiger partial charge in [-0.25, -0.2) is 9.37 Å². The van der Waals surface area contributed by atoms with Crippen molar-refractivity contribution in [2.24, 2.45) is 0 Å². The van der Waals surface area contributed by atoms with Crippen LogP contribution in [0.2, 0.25) is 5.02 Å². The van der Waals surface area contributed by atoms with Gasteiger partial charge in [-0.05, 0) is 36.8 Å². The largest absolute Gasteiger partial charge is 0.383 e. The molecule has 92 valence electrons. The van der Waals surface area contributed by atoms with E-state index < -0.39 is 11.6 Å². The van der Waals surface area contributed by atoms with Gasteiger partial charge in [0.2, 0.25) is 0 Å². The van der Waals surface area contributed by atoms with E-state index in [1.165, 1.54) is 18.3 Å². The third-order valence-electron chi connectivity index (χ3n) is 2.43. The molecule has 0 radical (unpaired) electrons. The lowest BCUT2D eigenvalue weighted by atomic mass is 10.0. The van der Waals surface area contributed by atoms with Crippen LogP contribution in [0.5, 0.6) is 0 Å². The number of carbonyl (C=O) groups excluding carboxylic acids is 1. The summed E-state index contributed by atoms with van der Waals surface area (Å²) in [6.45, 7) is 1.71. The Morgan fingerprint density at radius 2 is 2.06 bits per heavy atom. The van der Waals surface area contributed by atoms with Gasteiger partial charge in [0, 0.05) is 11.8 Å². The fraction of sp³-hybridized carbons (Fsp3) is 0.0769. The van der Waals surface area contributed by atoms with Crippen molar-refractivity contribution >= 4 is 23.2 Å². The molecule has 18 heavy (non-hydrogen) atoms. The highest BCUT2D eigenvalue weighted by Crippen LogP contribution is 2.20. The molecular weight excluding hydrogens is 255 g/mol. The maximum absolute atomic E-state index is 13.3. The Morgan fingerprint density at radius 3 is 2.72 bits per heavy atom. The third-order valence-corrected chi connectivity index (χ3v) is 2.64. The molecule has 0 aliphatic heterocycles. The van der Waals surface area contributed by atoms with E-state index in [1.807, 2.05) is 0 Å². The number of nitrogen functional groups attached to an aromatic ring is 1. The zero-order valence-electron chi connectivity index (χ0n) is 9.58. The average molecular weight is 265 g/mol. The van der Waals surface area contributed by atoms with Crippen LogP contribution >= 0.6 is 11.6 Å². The molecular formula is C13H10ClFN2O. The number of aryl methyl sites for hydroxylation is 1. The van der Waals surface area contributed by atoms with Gasteiger partial charge in [-0.3, -0.25) is 4.79 Å². The summed E-state index contributed by atoms with van der Waals surface area (Å²) < 4.78 is 13.3. The summed E-state index contributed by atoms with van der Waals surface area (Å²) >= 11 is 5.77. The molecule has 1 heterocycles. The van der Waals surface area contributed by atoms with Crippen molar-refractivity contribution in [3.8, 4) is 0 Å². The molecule has 0 saturated heterocycles. The summed E-state index contributed by atoms with van der Waals surface area (Å²) in [6, 6.07) is 5.52. The van der Waals surface area contributed by atoms with Gasteiger partial charge < -0.3 is 5.73 Å². The van der Waals surface area contributed by atoms with Crippen LogP contribution in [-0.2, 0) is 0 Å². The Labute approximate surface area is 108 Å². The summed E-state index contributed by atoms with van der Waals surface area (Å²) in [5, 5.41) is 0.306. The number of anilines is 1. The number of nitrogens with two attached hydrogens (primary N) is 1. The molecule has 2 aromatic rings. The van der Waals surface area contributed by atoms with Gasteiger partial charge in [-0.2, -0.15) is 0 Å². The molecule has 1 aromatic carbocycles. The van der Waals surface area contributed by atoms with Crippen molar-refractivity contribution in [3.63, 3.8) is 0 Å². The number of pyridine rings is 1. The summed E-state index contributed by atoms with van der Waals surface area (Å²) in [5.74, 6) is -0.789. The van der Waals surface area contributed by atoms with Crippen molar-refractivity contribution in [2.45, 2.75) is 6.92 Å². The zero-order chi connectivity index (χ0) is 13.3. The van der Waals surface area contributed by atoms with Crippen molar-refractivity contribution in [1.82, 2.24) is 4.98 Å². The van der Waals surface area contributed by atoms with E-state index in [1.54, 1.807) is 13.0 Å². The van der Waals surface area contributed by atoms with Gasteiger partial charge in [0.15, 0.2) is 5.78 Å². The number of nitrogens with zero attached hydrogens (tertiary/aromatic N) is 1. The Morgan fingerprint density at radius 1 is 1.33 bits per heavy atom. The first-order valence-corrected chi connectivity index (χ1v) is 5.58. The number of halogens is 2. The number of aromatic nitrogens is 1. The Hall–Kier alpha value is -1.94. The molecule has 0 unspecified atom stereocenters. The SMILES string of the molecule is Cc1cc(F)cc(C(=O)c2cc(Cl)cnc2N)c1. The zero-order valence-corrected chi connectivity index (χ0v) is 10.3. The highest BCUT2D eigenvalue weighted by Gasteiger charge is 2.15. The maximum Gasteiger partial charge on any atom is 0.196 e. The van der Waals surface area contributed by atoms with E-state index >= 15 is 0 Å². The van der Waals surface area contributed by atoms with E-state index in [4.69, 9.17) is 17.3 Å². The molecule has 0 aliphatic carbocycles. The van der Waals surface area contributed by atoms with E-state index in [9.17, 15) is 9.18 Å². The summed E-state index contributed by atoms with van der Waals surface area (Å²) in [6.07, 6.45) is 1.35. The minimum absolute atomic E-state index is 0.0753. The smallest absolute Gasteiger partial charge is 0.196 e. The molecule has 0 spiro atoms. The van der Waals surface area contributed by atoms with Crippen molar-refractivity contribution in [3.05, 3.63) is 58.0 Å². The topological polar surface area (TPSA) is 56.0 Å². The van der Waals surface area contributed by atoms with Crippen LogP contribution in [-0.4, -0.2) is 10.8 Å². The molecule has 2 rings (SSSR count). The van der Waals surface area contributed by atoms with Crippen molar-refractivity contribution < 1.29 is 9.18 Å². The minimum Gasteiger partial charge on any atom is -0.383 e. The van der Waals surface area contributed by atoms with Crippen molar-refractivity contribution in [1.29, 1.82) is 0 Å². The van der Waals surface area contributed by atoms with Crippen LogP contribution in [0.1, 0.15) is 21.5 Å². The molecule has 0 amide bonds. The second kappa shape index (κ2) is 4.74. The van der Waals surface area contributed by atoms with Crippen LogP contribution in [0.3, 0.4) is 0 Å². The molecule has 0 atom stereocenters. The van der Waals surface area contributed by atoms with Gasteiger partial charge >= 0.3 is 0 Å². The second-order valence-corrected chi connectivity index (χ2v) is 4.37. The lowest BCUT2D eigenvalue weighted by molar-refractivity contribution is 0.103. The third kappa shape index (κ3) is 2.49. The normalized spacial score (nSPS) is 10.4. The Bertz CT molecular complexity index is 608. The van der Waals surface area contributed by atoms with Gasteiger partial charge in [0.25, 0.3) is 0 Å². The first kappa shape index (κ1) is 12.5. The maximum atomic E-state index is 13.3. The quantitative estimate of drug-likeness (QED) is 0.849. The van der Waals surface area contributed by atoms with Crippen LogP contribution < -0.4 is 5.73 Å². The van der Waals surface area contributed by atoms with Gasteiger partial charge in [0.1, 0.15) is 11.6 Å². The second-order valence-electron chi connectivity index (χ2n) is 3.93. The molecule has 1 aromatic heterocycles. The van der Waals surface area contributed by atoms with E-state index in [-0.39, 0.29) is 16.9 Å². The highest BCUT2D eigenvalue weighted by molar-refractivity contribution is 6.31. The number of hydrogen-bond acceptors (Lipinski definition) is 3. The molecule has 2 N–H and O–H groups in total. The lowest BCUT2D eigenvalue weighted by Crippen LogP contribution is -2.07. The van der Waals surface area contributed by atoms with E-state index in [0.717, 1.165) is 6.07 Å². The predicted molar refractivity (Wildman–Crippen MR) is 68.2 cm³/mol. The number of rotatable bonds is 2. The van der Waals surface area contributed by atoms with Crippen LogP contribution in [0.25, 0.3) is 0 Å². The van der Waals surface area contributed by atoms with Gasteiger partial charge in [0.05, 0.1) is 10.6 Å². The van der Waals surface area contributed by atoms with Crippen molar-refractivity contribution in [2.75, 3.05) is 5.73 Å². The number of benzene rings is 1. The Kier molecular flexibility index (Phi) is 3.30. The van der Waals surface area contributed by atoms with Gasteiger partial charge in [-0.1, -0.05) is 11.6 Å². The van der Waals surface area contributed by atoms with E-state index in [2.05, 4.69) is 4.98 Å².